The maximum atomic E-state index is 11.9. The van der Waals surface area contributed by atoms with E-state index in [0.29, 0.717) is 28.3 Å². The molecule has 0 radical (unpaired) electrons. The van der Waals surface area contributed by atoms with Crippen LogP contribution in [0, 0.1) is 0 Å². The number of unbranched alkanes of at least 4 members (excludes halogenated alkanes) is 3. The first-order chi connectivity index (χ1) is 10.2. The number of nitrogens with zero attached hydrogens (tertiary/aromatic N) is 1. The highest BCUT2D eigenvalue weighted by atomic mass is 35.5. The summed E-state index contributed by atoms with van der Waals surface area (Å²) in [5, 5.41) is 13.1. The van der Waals surface area contributed by atoms with Gasteiger partial charge in [-0.25, -0.2) is 4.98 Å². The predicted molar refractivity (Wildman–Crippen MR) is 84.6 cm³/mol. The van der Waals surface area contributed by atoms with Gasteiger partial charge in [-0.15, -0.1) is 0 Å². The minimum Gasteiger partial charge on any atom is -0.396 e. The van der Waals surface area contributed by atoms with Crippen LogP contribution in [0.2, 0.25) is 5.02 Å². The second-order valence-corrected chi connectivity index (χ2v) is 5.43. The Morgan fingerprint density at radius 1 is 1.24 bits per heavy atom. The van der Waals surface area contributed by atoms with Gasteiger partial charge in [0.05, 0.1) is 17.4 Å². The van der Waals surface area contributed by atoms with Crippen molar-refractivity contribution < 1.29 is 5.11 Å². The summed E-state index contributed by atoms with van der Waals surface area (Å²) in [6, 6.07) is 5.07. The zero-order valence-corrected chi connectivity index (χ0v) is 12.6. The van der Waals surface area contributed by atoms with Gasteiger partial charge in [-0.1, -0.05) is 24.4 Å². The molecule has 0 unspecified atom stereocenters. The summed E-state index contributed by atoms with van der Waals surface area (Å²) in [7, 11) is 0. The van der Waals surface area contributed by atoms with Crippen LogP contribution in [0.5, 0.6) is 0 Å². The third-order valence-corrected chi connectivity index (χ3v) is 3.51. The minimum atomic E-state index is -0.142. The second kappa shape index (κ2) is 8.12. The molecule has 114 valence electrons. The summed E-state index contributed by atoms with van der Waals surface area (Å²) in [4.78, 5) is 19.1. The summed E-state index contributed by atoms with van der Waals surface area (Å²) >= 11 is 5.92. The van der Waals surface area contributed by atoms with Gasteiger partial charge in [-0.05, 0) is 37.6 Å². The van der Waals surface area contributed by atoms with Crippen LogP contribution < -0.4 is 10.9 Å². The number of rotatable bonds is 8. The normalized spacial score (nSPS) is 11.1. The summed E-state index contributed by atoms with van der Waals surface area (Å²) in [5.74, 6) is 0.616. The maximum absolute atomic E-state index is 11.9. The van der Waals surface area contributed by atoms with Crippen molar-refractivity contribution in [3.05, 3.63) is 39.4 Å². The molecule has 1 aromatic heterocycles. The Labute approximate surface area is 128 Å². The molecule has 0 fully saturated rings. The van der Waals surface area contributed by atoms with Crippen molar-refractivity contribution in [3.63, 3.8) is 0 Å². The van der Waals surface area contributed by atoms with Crippen LogP contribution >= 0.6 is 11.6 Å². The van der Waals surface area contributed by atoms with Crippen LogP contribution in [-0.2, 0) is 6.54 Å². The molecule has 0 spiro atoms. The van der Waals surface area contributed by atoms with Gasteiger partial charge in [-0.2, -0.15) is 0 Å². The monoisotopic (exact) mass is 309 g/mol. The molecule has 0 amide bonds. The Morgan fingerprint density at radius 2 is 2.05 bits per heavy atom. The molecule has 3 N–H and O–H groups in total. The Morgan fingerprint density at radius 3 is 2.86 bits per heavy atom. The molecule has 2 rings (SSSR count). The van der Waals surface area contributed by atoms with Crippen molar-refractivity contribution in [3.8, 4) is 0 Å². The number of aromatic nitrogens is 2. The molecule has 0 saturated carbocycles. The van der Waals surface area contributed by atoms with Gasteiger partial charge in [-0.3, -0.25) is 4.79 Å². The first kappa shape index (κ1) is 15.9. The zero-order valence-electron chi connectivity index (χ0n) is 11.9. The summed E-state index contributed by atoms with van der Waals surface area (Å²) in [5.41, 5.74) is 0.474. The van der Waals surface area contributed by atoms with E-state index < -0.39 is 0 Å². The lowest BCUT2D eigenvalue weighted by Crippen LogP contribution is -2.20. The number of nitrogens with one attached hydrogen (secondary N) is 2. The van der Waals surface area contributed by atoms with Gasteiger partial charge in [0.2, 0.25) is 0 Å². The summed E-state index contributed by atoms with van der Waals surface area (Å²) in [6.07, 6.45) is 4.04. The summed E-state index contributed by atoms with van der Waals surface area (Å²) in [6.45, 7) is 1.65. The van der Waals surface area contributed by atoms with Gasteiger partial charge < -0.3 is 15.4 Å². The van der Waals surface area contributed by atoms with E-state index in [2.05, 4.69) is 15.3 Å². The largest absolute Gasteiger partial charge is 0.396 e. The van der Waals surface area contributed by atoms with Gasteiger partial charge in [0.15, 0.2) is 0 Å². The quantitative estimate of drug-likeness (QED) is 0.653. The van der Waals surface area contributed by atoms with E-state index in [4.69, 9.17) is 16.7 Å². The fraction of sp³-hybridized carbons (Fsp3) is 0.467. The number of aromatic amines is 1. The molecule has 1 aromatic carbocycles. The number of aliphatic hydroxyl groups is 1. The number of halogens is 1. The zero-order chi connectivity index (χ0) is 15.1. The average molecular weight is 310 g/mol. The van der Waals surface area contributed by atoms with E-state index in [9.17, 15) is 4.79 Å². The number of fused-ring (bicyclic) bond motifs is 1. The van der Waals surface area contributed by atoms with Crippen molar-refractivity contribution in [1.29, 1.82) is 0 Å². The number of hydrogen-bond donors (Lipinski definition) is 3. The van der Waals surface area contributed by atoms with E-state index in [1.54, 1.807) is 18.2 Å². The maximum Gasteiger partial charge on any atom is 0.258 e. The van der Waals surface area contributed by atoms with Crippen LogP contribution in [0.4, 0.5) is 0 Å². The predicted octanol–water partition coefficient (Wildman–Crippen LogP) is 2.22. The van der Waals surface area contributed by atoms with E-state index >= 15 is 0 Å². The van der Waals surface area contributed by atoms with Crippen molar-refractivity contribution in [2.45, 2.75) is 32.2 Å². The molecule has 0 aliphatic carbocycles. The Balaban J connectivity index is 1.89. The van der Waals surface area contributed by atoms with Crippen LogP contribution in [0.1, 0.15) is 31.5 Å². The Hall–Kier alpha value is -1.43. The third kappa shape index (κ3) is 4.81. The Bertz CT molecular complexity index is 642. The molecule has 0 saturated heterocycles. The van der Waals surface area contributed by atoms with Gasteiger partial charge in [0.25, 0.3) is 5.56 Å². The fourth-order valence-corrected chi connectivity index (χ4v) is 2.33. The van der Waals surface area contributed by atoms with Gasteiger partial charge >= 0.3 is 0 Å². The van der Waals surface area contributed by atoms with E-state index in [1.807, 2.05) is 0 Å². The highest BCUT2D eigenvalue weighted by Crippen LogP contribution is 2.14. The van der Waals surface area contributed by atoms with Gasteiger partial charge in [0.1, 0.15) is 5.82 Å². The first-order valence-corrected chi connectivity index (χ1v) is 7.58. The molecule has 2 aromatic rings. The number of benzene rings is 1. The standard InChI is InChI=1S/C15H20ClN3O2/c16-11-5-6-12-13(9-11)18-14(19-15(12)21)10-17-7-3-1-2-4-8-20/h5-6,9,17,20H,1-4,7-8,10H2,(H,18,19,21). The molecule has 5 nitrogen and oxygen atoms in total. The lowest BCUT2D eigenvalue weighted by molar-refractivity contribution is 0.282. The summed E-state index contributed by atoms with van der Waals surface area (Å²) < 4.78 is 0. The van der Waals surface area contributed by atoms with Crippen LogP contribution in [0.3, 0.4) is 0 Å². The van der Waals surface area contributed by atoms with Crippen LogP contribution in [-0.4, -0.2) is 28.2 Å². The average Bonchev–Trinajstić information content (AvgIpc) is 2.46. The van der Waals surface area contributed by atoms with E-state index in [-0.39, 0.29) is 12.2 Å². The lowest BCUT2D eigenvalue weighted by atomic mass is 10.2. The highest BCUT2D eigenvalue weighted by molar-refractivity contribution is 6.31. The SMILES string of the molecule is O=c1[nH]c(CNCCCCCCO)nc2cc(Cl)ccc12. The van der Waals surface area contributed by atoms with Crippen molar-refractivity contribution in [2.24, 2.45) is 0 Å². The van der Waals surface area contributed by atoms with Crippen LogP contribution in [0.25, 0.3) is 10.9 Å². The number of H-pyrrole nitrogens is 1. The third-order valence-electron chi connectivity index (χ3n) is 3.27. The molecule has 0 bridgehead atoms. The minimum absolute atomic E-state index is 0.142. The molecule has 6 heteroatoms. The van der Waals surface area contributed by atoms with Crippen LogP contribution in [0.15, 0.2) is 23.0 Å². The molecular formula is C15H20ClN3O2. The molecule has 0 atom stereocenters. The molecule has 0 aliphatic heterocycles. The topological polar surface area (TPSA) is 78.0 Å². The lowest BCUT2D eigenvalue weighted by Gasteiger charge is -2.05. The van der Waals surface area contributed by atoms with E-state index in [0.717, 1.165) is 32.2 Å². The van der Waals surface area contributed by atoms with Crippen molar-refractivity contribution in [2.75, 3.05) is 13.2 Å². The fourth-order valence-electron chi connectivity index (χ4n) is 2.17. The number of aliphatic hydroxyl groups excluding tert-OH is 1. The smallest absolute Gasteiger partial charge is 0.258 e. The van der Waals surface area contributed by atoms with Crippen molar-refractivity contribution >= 4 is 22.5 Å². The number of hydrogen-bond acceptors (Lipinski definition) is 4. The first-order valence-electron chi connectivity index (χ1n) is 7.21. The van der Waals surface area contributed by atoms with E-state index in [1.165, 1.54) is 0 Å². The molecular weight excluding hydrogens is 290 g/mol. The van der Waals surface area contributed by atoms with Gasteiger partial charge in [0, 0.05) is 11.6 Å². The molecule has 0 aliphatic rings. The highest BCUT2D eigenvalue weighted by Gasteiger charge is 2.04. The molecule has 21 heavy (non-hydrogen) atoms. The molecule has 1 heterocycles. The second-order valence-electron chi connectivity index (χ2n) is 4.99. The Kier molecular flexibility index (Phi) is 6.17. The van der Waals surface area contributed by atoms with Crippen molar-refractivity contribution in [1.82, 2.24) is 15.3 Å².